The number of likely N-dealkylation sites (tertiary alicyclic amines) is 2. The van der Waals surface area contributed by atoms with E-state index in [0.29, 0.717) is 23.9 Å². The van der Waals surface area contributed by atoms with E-state index in [1.165, 1.54) is 6.92 Å². The first-order valence-electron chi connectivity index (χ1n) is 9.61. The molecular weight excluding hydrogens is 352 g/mol. The van der Waals surface area contributed by atoms with Gasteiger partial charge >= 0.3 is 0 Å². The van der Waals surface area contributed by atoms with Crippen LogP contribution in [0.25, 0.3) is 0 Å². The van der Waals surface area contributed by atoms with Gasteiger partial charge in [-0.15, -0.1) is 0 Å². The Morgan fingerprint density at radius 1 is 1.11 bits per heavy atom. The second-order valence-corrected chi connectivity index (χ2v) is 7.62. The molecule has 27 heavy (non-hydrogen) atoms. The third-order valence-electron chi connectivity index (χ3n) is 5.79. The van der Waals surface area contributed by atoms with Gasteiger partial charge < -0.3 is 10.2 Å². The van der Waals surface area contributed by atoms with Crippen molar-refractivity contribution in [2.45, 2.75) is 32.7 Å². The van der Waals surface area contributed by atoms with Crippen molar-refractivity contribution in [2.75, 3.05) is 32.7 Å². The van der Waals surface area contributed by atoms with E-state index in [-0.39, 0.29) is 18.4 Å². The zero-order valence-electron chi connectivity index (χ0n) is 15.7. The Labute approximate surface area is 158 Å². The van der Waals surface area contributed by atoms with Crippen molar-refractivity contribution in [2.24, 2.45) is 11.8 Å². The Hall–Kier alpha value is -2.02. The van der Waals surface area contributed by atoms with Gasteiger partial charge in [-0.2, -0.15) is 0 Å². The van der Waals surface area contributed by atoms with Crippen molar-refractivity contribution in [3.63, 3.8) is 0 Å². The number of nitrogens with zero attached hydrogens (tertiary/aromatic N) is 2. The molecule has 0 spiro atoms. The number of benzene rings is 1. The van der Waals surface area contributed by atoms with Crippen LogP contribution in [0.5, 0.6) is 0 Å². The van der Waals surface area contributed by atoms with E-state index in [2.05, 4.69) is 10.2 Å². The lowest BCUT2D eigenvalue weighted by Crippen LogP contribution is -2.40. The van der Waals surface area contributed by atoms with Crippen LogP contribution in [0.2, 0.25) is 0 Å². The highest BCUT2D eigenvalue weighted by atomic mass is 19.2. The number of carbonyl (C=O) groups excluding carboxylic acids is 2. The molecule has 2 fully saturated rings. The normalized spacial score (nSPS) is 21.4. The van der Waals surface area contributed by atoms with Gasteiger partial charge in [0.1, 0.15) is 0 Å². The Morgan fingerprint density at radius 3 is 2.52 bits per heavy atom. The number of rotatable bonds is 5. The smallest absolute Gasteiger partial charge is 0.241 e. The summed E-state index contributed by atoms with van der Waals surface area (Å²) in [5, 5.41) is 2.56. The van der Waals surface area contributed by atoms with E-state index in [1.54, 1.807) is 12.1 Å². The van der Waals surface area contributed by atoms with E-state index in [4.69, 9.17) is 0 Å². The summed E-state index contributed by atoms with van der Waals surface area (Å²) in [7, 11) is 0. The maximum Gasteiger partial charge on any atom is 0.241 e. The average Bonchev–Trinajstić information content (AvgIpc) is 3.14. The number of carbonyl (C=O) groups is 2. The van der Waals surface area contributed by atoms with Crippen LogP contribution < -0.4 is 5.32 Å². The average molecular weight is 379 g/mol. The van der Waals surface area contributed by atoms with Gasteiger partial charge in [0.2, 0.25) is 11.8 Å². The molecule has 0 aliphatic carbocycles. The van der Waals surface area contributed by atoms with Crippen molar-refractivity contribution < 1.29 is 18.4 Å². The van der Waals surface area contributed by atoms with Crippen molar-refractivity contribution in [1.29, 1.82) is 0 Å². The van der Waals surface area contributed by atoms with Crippen LogP contribution >= 0.6 is 0 Å². The molecule has 0 bridgehead atoms. The SMILES string of the molecule is CC(=O)NCC(=O)N1CCC(C2CCN(Cc3cccc(F)c3F)CC2)C1. The molecule has 0 radical (unpaired) electrons. The molecule has 0 aromatic heterocycles. The topological polar surface area (TPSA) is 52.7 Å². The highest BCUT2D eigenvalue weighted by molar-refractivity contribution is 5.83. The minimum absolute atomic E-state index is 0.0216. The molecule has 1 N–H and O–H groups in total. The van der Waals surface area contributed by atoms with E-state index in [9.17, 15) is 18.4 Å². The van der Waals surface area contributed by atoms with E-state index in [0.717, 1.165) is 51.5 Å². The highest BCUT2D eigenvalue weighted by Crippen LogP contribution is 2.32. The molecule has 5 nitrogen and oxygen atoms in total. The standard InChI is InChI=1S/C20H27F2N3O2/c1-14(26)23-11-19(27)25-10-7-16(13-25)15-5-8-24(9-6-15)12-17-3-2-4-18(21)20(17)22/h2-4,15-16H,5-13H2,1H3,(H,23,26). The van der Waals surface area contributed by atoms with Gasteiger partial charge in [-0.1, -0.05) is 12.1 Å². The van der Waals surface area contributed by atoms with Crippen LogP contribution in [-0.4, -0.2) is 54.3 Å². The minimum atomic E-state index is -0.794. The molecule has 0 saturated carbocycles. The Balaban J connectivity index is 1.45. The highest BCUT2D eigenvalue weighted by Gasteiger charge is 2.33. The van der Waals surface area contributed by atoms with Gasteiger partial charge in [0, 0.05) is 32.1 Å². The largest absolute Gasteiger partial charge is 0.347 e. The fourth-order valence-corrected chi connectivity index (χ4v) is 4.20. The molecule has 3 rings (SSSR count). The molecule has 1 aromatic carbocycles. The quantitative estimate of drug-likeness (QED) is 0.853. The molecule has 2 saturated heterocycles. The Bertz CT molecular complexity index is 690. The van der Waals surface area contributed by atoms with Gasteiger partial charge in [0.15, 0.2) is 11.6 Å². The van der Waals surface area contributed by atoms with Gasteiger partial charge in [0.05, 0.1) is 6.54 Å². The van der Waals surface area contributed by atoms with Crippen molar-refractivity contribution in [1.82, 2.24) is 15.1 Å². The first-order valence-corrected chi connectivity index (χ1v) is 9.61. The predicted molar refractivity (Wildman–Crippen MR) is 97.7 cm³/mol. The third-order valence-corrected chi connectivity index (χ3v) is 5.79. The maximum atomic E-state index is 13.8. The zero-order chi connectivity index (χ0) is 19.4. The van der Waals surface area contributed by atoms with E-state index in [1.807, 2.05) is 4.90 Å². The summed E-state index contributed by atoms with van der Waals surface area (Å²) in [6.45, 7) is 5.12. The number of amides is 2. The van der Waals surface area contributed by atoms with Gasteiger partial charge in [-0.05, 0) is 50.3 Å². The zero-order valence-corrected chi connectivity index (χ0v) is 15.7. The molecule has 2 aliphatic heterocycles. The summed E-state index contributed by atoms with van der Waals surface area (Å²) in [6, 6.07) is 4.33. The lowest BCUT2D eigenvalue weighted by molar-refractivity contribution is -0.131. The summed E-state index contributed by atoms with van der Waals surface area (Å²) in [5.41, 5.74) is 0.407. The minimum Gasteiger partial charge on any atom is -0.347 e. The number of halogens is 2. The van der Waals surface area contributed by atoms with Crippen LogP contribution in [0.3, 0.4) is 0 Å². The summed E-state index contributed by atoms with van der Waals surface area (Å²) in [6.07, 6.45) is 3.01. The molecule has 1 unspecified atom stereocenters. The van der Waals surface area contributed by atoms with Gasteiger partial charge in [-0.3, -0.25) is 14.5 Å². The van der Waals surface area contributed by atoms with Crippen molar-refractivity contribution in [3.8, 4) is 0 Å². The Morgan fingerprint density at radius 2 is 1.81 bits per heavy atom. The lowest BCUT2D eigenvalue weighted by atomic mass is 9.83. The van der Waals surface area contributed by atoms with Gasteiger partial charge in [-0.25, -0.2) is 8.78 Å². The van der Waals surface area contributed by atoms with Crippen LogP contribution in [0, 0.1) is 23.5 Å². The monoisotopic (exact) mass is 379 g/mol. The Kier molecular flexibility index (Phi) is 6.42. The molecule has 2 heterocycles. The summed E-state index contributed by atoms with van der Waals surface area (Å²) >= 11 is 0. The van der Waals surface area contributed by atoms with E-state index < -0.39 is 11.6 Å². The number of piperidine rings is 1. The molecule has 2 aliphatic rings. The van der Waals surface area contributed by atoms with Crippen LogP contribution in [0.15, 0.2) is 18.2 Å². The third kappa shape index (κ3) is 5.03. The van der Waals surface area contributed by atoms with Crippen molar-refractivity contribution in [3.05, 3.63) is 35.4 Å². The number of hydrogen-bond acceptors (Lipinski definition) is 3. The second-order valence-electron chi connectivity index (χ2n) is 7.62. The molecule has 148 valence electrons. The summed E-state index contributed by atoms with van der Waals surface area (Å²) < 4.78 is 27.2. The van der Waals surface area contributed by atoms with Crippen LogP contribution in [-0.2, 0) is 16.1 Å². The second kappa shape index (κ2) is 8.78. The first kappa shape index (κ1) is 19.7. The lowest BCUT2D eigenvalue weighted by Gasteiger charge is -2.35. The molecule has 1 aromatic rings. The van der Waals surface area contributed by atoms with Crippen molar-refractivity contribution >= 4 is 11.8 Å². The predicted octanol–water partition coefficient (Wildman–Crippen LogP) is 2.16. The molecule has 2 amide bonds. The molecule has 1 atom stereocenters. The maximum absolute atomic E-state index is 13.8. The fourth-order valence-electron chi connectivity index (χ4n) is 4.20. The van der Waals surface area contributed by atoms with Crippen LogP contribution in [0.4, 0.5) is 8.78 Å². The first-order chi connectivity index (χ1) is 12.9. The summed E-state index contributed by atoms with van der Waals surface area (Å²) in [4.78, 5) is 27.1. The van der Waals surface area contributed by atoms with E-state index >= 15 is 0 Å². The van der Waals surface area contributed by atoms with Gasteiger partial charge in [0.25, 0.3) is 0 Å². The number of hydrogen-bond donors (Lipinski definition) is 1. The number of nitrogens with one attached hydrogen (secondary N) is 1. The van der Waals surface area contributed by atoms with Crippen LogP contribution in [0.1, 0.15) is 31.7 Å². The molecular formula is C20H27F2N3O2. The summed E-state index contributed by atoms with van der Waals surface area (Å²) in [5.74, 6) is -0.717. The molecule has 7 heteroatoms. The fraction of sp³-hybridized carbons (Fsp3) is 0.600.